The van der Waals surface area contributed by atoms with Crippen molar-refractivity contribution in [2.24, 2.45) is 5.73 Å². The van der Waals surface area contributed by atoms with Gasteiger partial charge in [0, 0.05) is 5.69 Å². The molecule has 1 unspecified atom stereocenters. The molecular weight excluding hydrogens is 308 g/mol. The van der Waals surface area contributed by atoms with Crippen LogP contribution in [0.5, 0.6) is 5.75 Å². The second kappa shape index (κ2) is 8.12. The number of carboxylic acids is 1. The molecule has 0 aliphatic carbocycles. The van der Waals surface area contributed by atoms with Gasteiger partial charge in [-0.05, 0) is 41.8 Å². The zero-order valence-corrected chi connectivity index (χ0v) is 13.4. The Morgan fingerprint density at radius 1 is 1.17 bits per heavy atom. The number of rotatable bonds is 7. The first kappa shape index (κ1) is 17.5. The minimum atomic E-state index is -1.05. The highest BCUT2D eigenvalue weighted by Gasteiger charge is 2.12. The number of carbonyl (C=O) groups excluding carboxylic acids is 1. The molecule has 2 rings (SSSR count). The van der Waals surface area contributed by atoms with Gasteiger partial charge in [0.2, 0.25) is 5.91 Å². The van der Waals surface area contributed by atoms with E-state index in [-0.39, 0.29) is 18.7 Å². The van der Waals surface area contributed by atoms with E-state index < -0.39 is 12.0 Å². The van der Waals surface area contributed by atoms with Gasteiger partial charge in [0.25, 0.3) is 0 Å². The second-order valence-electron chi connectivity index (χ2n) is 5.42. The van der Waals surface area contributed by atoms with Crippen molar-refractivity contribution < 1.29 is 19.4 Å². The van der Waals surface area contributed by atoms with Crippen molar-refractivity contribution in [3.8, 4) is 5.75 Å². The topological polar surface area (TPSA) is 102 Å². The number of nitrogens with two attached hydrogens (primary N) is 1. The predicted molar refractivity (Wildman–Crippen MR) is 91.1 cm³/mol. The lowest BCUT2D eigenvalue weighted by Crippen LogP contribution is -2.32. The molecule has 0 saturated heterocycles. The van der Waals surface area contributed by atoms with E-state index in [9.17, 15) is 9.59 Å². The van der Waals surface area contributed by atoms with Crippen molar-refractivity contribution >= 4 is 17.6 Å². The maximum atomic E-state index is 12.1. The summed E-state index contributed by atoms with van der Waals surface area (Å²) in [6, 6.07) is 13.3. The Kier molecular flexibility index (Phi) is 5.92. The SMILES string of the molecule is COc1ccc(CC(=O)Nc2cccc(CC(N)C(=O)O)c2)cc1. The number of hydrogen-bond acceptors (Lipinski definition) is 4. The van der Waals surface area contributed by atoms with E-state index in [2.05, 4.69) is 5.32 Å². The standard InChI is InChI=1S/C18H20N2O4/c1-24-15-7-5-12(6-8-15)11-17(21)20-14-4-2-3-13(9-14)10-16(19)18(22)23/h2-9,16H,10-11,19H2,1H3,(H,20,21)(H,22,23). The van der Waals surface area contributed by atoms with Crippen molar-refractivity contribution in [3.63, 3.8) is 0 Å². The number of methoxy groups -OCH3 is 1. The average molecular weight is 328 g/mol. The lowest BCUT2D eigenvalue weighted by atomic mass is 10.1. The summed E-state index contributed by atoms with van der Waals surface area (Å²) in [7, 11) is 1.59. The fourth-order valence-corrected chi connectivity index (χ4v) is 2.25. The fraction of sp³-hybridized carbons (Fsp3) is 0.222. The van der Waals surface area contributed by atoms with Crippen molar-refractivity contribution in [1.82, 2.24) is 0 Å². The zero-order chi connectivity index (χ0) is 17.5. The normalized spacial score (nSPS) is 11.6. The maximum Gasteiger partial charge on any atom is 0.320 e. The van der Waals surface area contributed by atoms with Crippen LogP contribution in [0.1, 0.15) is 11.1 Å². The smallest absolute Gasteiger partial charge is 0.320 e. The summed E-state index contributed by atoms with van der Waals surface area (Å²) in [4.78, 5) is 22.9. The molecule has 0 bridgehead atoms. The van der Waals surface area contributed by atoms with Gasteiger partial charge in [-0.2, -0.15) is 0 Å². The van der Waals surface area contributed by atoms with Crippen LogP contribution in [0.2, 0.25) is 0 Å². The third-order valence-corrected chi connectivity index (χ3v) is 3.51. The van der Waals surface area contributed by atoms with E-state index in [0.717, 1.165) is 16.9 Å². The lowest BCUT2D eigenvalue weighted by molar-refractivity contribution is -0.138. The first-order valence-electron chi connectivity index (χ1n) is 7.48. The van der Waals surface area contributed by atoms with Gasteiger partial charge < -0.3 is 20.9 Å². The molecule has 4 N–H and O–H groups in total. The molecular formula is C18H20N2O4. The van der Waals surface area contributed by atoms with E-state index in [1.807, 2.05) is 12.1 Å². The zero-order valence-electron chi connectivity index (χ0n) is 13.4. The number of aliphatic carboxylic acids is 1. The Labute approximate surface area is 140 Å². The summed E-state index contributed by atoms with van der Waals surface area (Å²) in [6.07, 6.45) is 0.445. The van der Waals surface area contributed by atoms with Gasteiger partial charge in [-0.15, -0.1) is 0 Å². The summed E-state index contributed by atoms with van der Waals surface area (Å²) in [5, 5.41) is 11.7. The molecule has 0 aromatic heterocycles. The van der Waals surface area contributed by atoms with Crippen molar-refractivity contribution in [1.29, 1.82) is 0 Å². The van der Waals surface area contributed by atoms with E-state index in [1.165, 1.54) is 0 Å². The summed E-state index contributed by atoms with van der Waals surface area (Å²) in [5.74, 6) is -0.467. The Bertz CT molecular complexity index is 713. The minimum absolute atomic E-state index is 0.153. The summed E-state index contributed by atoms with van der Waals surface area (Å²) in [5.41, 5.74) is 7.77. The highest BCUT2D eigenvalue weighted by atomic mass is 16.5. The van der Waals surface area contributed by atoms with E-state index in [1.54, 1.807) is 43.5 Å². The van der Waals surface area contributed by atoms with Crippen LogP contribution in [-0.2, 0) is 22.4 Å². The maximum absolute atomic E-state index is 12.1. The Morgan fingerprint density at radius 2 is 1.88 bits per heavy atom. The highest BCUT2D eigenvalue weighted by Crippen LogP contribution is 2.14. The Hall–Kier alpha value is -2.86. The molecule has 6 nitrogen and oxygen atoms in total. The quantitative estimate of drug-likeness (QED) is 0.720. The van der Waals surface area contributed by atoms with E-state index in [4.69, 9.17) is 15.6 Å². The van der Waals surface area contributed by atoms with Crippen LogP contribution >= 0.6 is 0 Å². The highest BCUT2D eigenvalue weighted by molar-refractivity contribution is 5.92. The van der Waals surface area contributed by atoms with Gasteiger partial charge in [-0.25, -0.2) is 0 Å². The summed E-state index contributed by atoms with van der Waals surface area (Å²) >= 11 is 0. The van der Waals surface area contributed by atoms with Crippen LogP contribution in [0, 0.1) is 0 Å². The molecule has 1 amide bonds. The first-order valence-corrected chi connectivity index (χ1v) is 7.48. The molecule has 2 aromatic carbocycles. The number of carboxylic acid groups (broad SMARTS) is 1. The summed E-state index contributed by atoms with van der Waals surface area (Å²) in [6.45, 7) is 0. The fourth-order valence-electron chi connectivity index (χ4n) is 2.25. The Balaban J connectivity index is 1.96. The molecule has 0 radical (unpaired) electrons. The van der Waals surface area contributed by atoms with Gasteiger partial charge in [0.1, 0.15) is 11.8 Å². The number of amides is 1. The molecule has 0 saturated carbocycles. The number of ether oxygens (including phenoxy) is 1. The minimum Gasteiger partial charge on any atom is -0.497 e. The third-order valence-electron chi connectivity index (χ3n) is 3.51. The monoisotopic (exact) mass is 328 g/mol. The van der Waals surface area contributed by atoms with Crippen molar-refractivity contribution in [2.45, 2.75) is 18.9 Å². The molecule has 2 aromatic rings. The molecule has 1 atom stereocenters. The first-order chi connectivity index (χ1) is 11.5. The molecule has 0 fully saturated rings. The van der Waals surface area contributed by atoms with Crippen LogP contribution in [0.4, 0.5) is 5.69 Å². The van der Waals surface area contributed by atoms with Crippen molar-refractivity contribution in [3.05, 3.63) is 59.7 Å². The molecule has 0 aliphatic heterocycles. The van der Waals surface area contributed by atoms with Gasteiger partial charge in [-0.1, -0.05) is 24.3 Å². The van der Waals surface area contributed by atoms with Gasteiger partial charge >= 0.3 is 5.97 Å². The number of nitrogens with one attached hydrogen (secondary N) is 1. The van der Waals surface area contributed by atoms with Crippen LogP contribution in [0.25, 0.3) is 0 Å². The molecule has 126 valence electrons. The molecule has 6 heteroatoms. The average Bonchev–Trinajstić information content (AvgIpc) is 2.55. The molecule has 24 heavy (non-hydrogen) atoms. The number of benzene rings is 2. The third kappa shape index (κ3) is 5.10. The van der Waals surface area contributed by atoms with E-state index >= 15 is 0 Å². The van der Waals surface area contributed by atoms with Crippen LogP contribution in [-0.4, -0.2) is 30.1 Å². The molecule has 0 aliphatic rings. The number of hydrogen-bond donors (Lipinski definition) is 3. The van der Waals surface area contributed by atoms with Gasteiger partial charge in [0.05, 0.1) is 13.5 Å². The lowest BCUT2D eigenvalue weighted by Gasteiger charge is -2.10. The van der Waals surface area contributed by atoms with Crippen LogP contribution < -0.4 is 15.8 Å². The van der Waals surface area contributed by atoms with Gasteiger partial charge in [-0.3, -0.25) is 9.59 Å². The van der Waals surface area contributed by atoms with Gasteiger partial charge in [0.15, 0.2) is 0 Å². The van der Waals surface area contributed by atoms with E-state index in [0.29, 0.717) is 5.69 Å². The van der Waals surface area contributed by atoms with Crippen molar-refractivity contribution in [2.75, 3.05) is 12.4 Å². The number of carbonyl (C=O) groups is 2. The van der Waals surface area contributed by atoms with Crippen LogP contribution in [0.3, 0.4) is 0 Å². The Morgan fingerprint density at radius 3 is 2.50 bits per heavy atom. The summed E-state index contributed by atoms with van der Waals surface area (Å²) < 4.78 is 5.08. The largest absolute Gasteiger partial charge is 0.497 e. The molecule has 0 heterocycles. The number of anilines is 1. The predicted octanol–water partition coefficient (Wildman–Crippen LogP) is 1.83. The second-order valence-corrected chi connectivity index (χ2v) is 5.42. The van der Waals surface area contributed by atoms with Crippen LogP contribution in [0.15, 0.2) is 48.5 Å². The molecule has 0 spiro atoms.